The number of rotatable bonds is 4. The molecule has 4 aromatic heterocycles. The summed E-state index contributed by atoms with van der Waals surface area (Å²) in [6.07, 6.45) is 7.80. The van der Waals surface area contributed by atoms with E-state index in [4.69, 9.17) is 0 Å². The first kappa shape index (κ1) is 16.2. The van der Waals surface area contributed by atoms with E-state index in [-0.39, 0.29) is 5.78 Å². The lowest BCUT2D eigenvalue weighted by Crippen LogP contribution is -2.02. The number of aryl methyl sites for hydroxylation is 1. The Morgan fingerprint density at radius 2 is 1.96 bits per heavy atom. The van der Waals surface area contributed by atoms with Crippen LogP contribution in [-0.4, -0.2) is 32.2 Å². The Bertz CT molecular complexity index is 1150. The minimum Gasteiger partial charge on any atom is -0.373 e. The number of carbonyl (C=O) groups is 1. The van der Waals surface area contributed by atoms with Crippen molar-refractivity contribution in [3.8, 4) is 11.1 Å². The summed E-state index contributed by atoms with van der Waals surface area (Å²) >= 11 is 0. The third-order valence-corrected chi connectivity index (χ3v) is 4.62. The van der Waals surface area contributed by atoms with E-state index in [9.17, 15) is 4.79 Å². The number of carbonyl (C=O) groups excluding carboxylic acids is 1. The molecule has 0 unspecified atom stereocenters. The SMILES string of the molecule is CCC(=O)c1cc(C)c(-c2cc3cnc(NC)cc3n3ccnc23)cn1. The Morgan fingerprint density at radius 3 is 2.69 bits per heavy atom. The van der Waals surface area contributed by atoms with Gasteiger partial charge >= 0.3 is 0 Å². The van der Waals surface area contributed by atoms with E-state index < -0.39 is 0 Å². The number of fused-ring (bicyclic) bond motifs is 3. The van der Waals surface area contributed by atoms with E-state index >= 15 is 0 Å². The van der Waals surface area contributed by atoms with Crippen LogP contribution in [0, 0.1) is 6.92 Å². The zero-order chi connectivity index (χ0) is 18.3. The van der Waals surface area contributed by atoms with Gasteiger partial charge in [-0.15, -0.1) is 0 Å². The topological polar surface area (TPSA) is 72.2 Å². The van der Waals surface area contributed by atoms with Crippen molar-refractivity contribution < 1.29 is 4.79 Å². The molecule has 4 heterocycles. The maximum atomic E-state index is 11.9. The predicted molar refractivity (Wildman–Crippen MR) is 103 cm³/mol. The number of hydrogen-bond acceptors (Lipinski definition) is 5. The van der Waals surface area contributed by atoms with E-state index in [0.717, 1.165) is 39.1 Å². The molecule has 1 N–H and O–H groups in total. The fourth-order valence-electron chi connectivity index (χ4n) is 3.20. The zero-order valence-electron chi connectivity index (χ0n) is 14.9. The highest BCUT2D eigenvalue weighted by Crippen LogP contribution is 2.31. The fourth-order valence-corrected chi connectivity index (χ4v) is 3.20. The van der Waals surface area contributed by atoms with Crippen molar-refractivity contribution in [3.63, 3.8) is 0 Å². The van der Waals surface area contributed by atoms with Crippen LogP contribution in [0.4, 0.5) is 5.82 Å². The van der Waals surface area contributed by atoms with Crippen LogP contribution in [0.25, 0.3) is 27.7 Å². The summed E-state index contributed by atoms with van der Waals surface area (Å²) < 4.78 is 2.05. The number of hydrogen-bond donors (Lipinski definition) is 1. The molecule has 4 rings (SSSR count). The van der Waals surface area contributed by atoms with Gasteiger partial charge in [-0.3, -0.25) is 14.2 Å². The average Bonchev–Trinajstić information content (AvgIpc) is 3.16. The molecule has 0 saturated heterocycles. The van der Waals surface area contributed by atoms with Gasteiger partial charge in [-0.05, 0) is 24.6 Å². The number of imidazole rings is 1. The quantitative estimate of drug-likeness (QED) is 0.568. The van der Waals surface area contributed by atoms with Gasteiger partial charge in [-0.1, -0.05) is 6.92 Å². The molecule has 0 aliphatic heterocycles. The molecule has 6 nitrogen and oxygen atoms in total. The van der Waals surface area contributed by atoms with Crippen molar-refractivity contribution in [1.82, 2.24) is 19.4 Å². The Balaban J connectivity index is 1.96. The predicted octanol–water partition coefficient (Wildman–Crippen LogP) is 3.89. The lowest BCUT2D eigenvalue weighted by Gasteiger charge is -2.12. The van der Waals surface area contributed by atoms with Crippen LogP contribution in [0.2, 0.25) is 0 Å². The largest absolute Gasteiger partial charge is 0.373 e. The standard InChI is InChI=1S/C20H19N5O/c1-4-18(26)16-7-12(2)15(11-23-16)14-8-13-10-24-19(21-3)9-17(13)25-6-5-22-20(14)25/h5-11H,4H2,1-3H3,(H,21,24). The molecule has 0 spiro atoms. The van der Waals surface area contributed by atoms with Crippen molar-refractivity contribution in [2.75, 3.05) is 12.4 Å². The molecule has 0 saturated carbocycles. The number of Topliss-reactive ketones (excluding diaryl/α,β-unsaturated/α-hetero) is 1. The lowest BCUT2D eigenvalue weighted by molar-refractivity contribution is 0.0983. The van der Waals surface area contributed by atoms with E-state index in [2.05, 4.69) is 30.7 Å². The van der Waals surface area contributed by atoms with Crippen LogP contribution < -0.4 is 5.32 Å². The molecule has 0 radical (unpaired) electrons. The van der Waals surface area contributed by atoms with Crippen LogP contribution in [0.15, 0.2) is 43.0 Å². The summed E-state index contributed by atoms with van der Waals surface area (Å²) in [5, 5.41) is 4.08. The highest BCUT2D eigenvalue weighted by molar-refractivity contribution is 5.96. The lowest BCUT2D eigenvalue weighted by atomic mass is 10.0. The van der Waals surface area contributed by atoms with Crippen molar-refractivity contribution in [3.05, 3.63) is 54.2 Å². The van der Waals surface area contributed by atoms with Gasteiger partial charge in [0.25, 0.3) is 0 Å². The zero-order valence-corrected chi connectivity index (χ0v) is 14.9. The molecule has 0 fully saturated rings. The van der Waals surface area contributed by atoms with Crippen molar-refractivity contribution in [2.24, 2.45) is 0 Å². The van der Waals surface area contributed by atoms with Crippen molar-refractivity contribution in [1.29, 1.82) is 0 Å². The summed E-state index contributed by atoms with van der Waals surface area (Å²) in [6, 6.07) is 5.94. The van der Waals surface area contributed by atoms with Crippen LogP contribution in [0.1, 0.15) is 29.4 Å². The molecule has 0 bridgehead atoms. The summed E-state index contributed by atoms with van der Waals surface area (Å²) in [5.74, 6) is 0.855. The maximum absolute atomic E-state index is 11.9. The molecular weight excluding hydrogens is 326 g/mol. The molecule has 130 valence electrons. The Morgan fingerprint density at radius 1 is 1.12 bits per heavy atom. The second-order valence-corrected chi connectivity index (χ2v) is 6.22. The summed E-state index contributed by atoms with van der Waals surface area (Å²) in [6.45, 7) is 3.84. The summed E-state index contributed by atoms with van der Waals surface area (Å²) in [4.78, 5) is 25.3. The van der Waals surface area contributed by atoms with Gasteiger partial charge in [-0.2, -0.15) is 0 Å². The van der Waals surface area contributed by atoms with E-state index in [0.29, 0.717) is 12.1 Å². The molecule has 6 heteroatoms. The second-order valence-electron chi connectivity index (χ2n) is 6.22. The Labute approximate surface area is 150 Å². The molecule has 26 heavy (non-hydrogen) atoms. The minimum absolute atomic E-state index is 0.0490. The maximum Gasteiger partial charge on any atom is 0.180 e. The smallest absolute Gasteiger partial charge is 0.180 e. The van der Waals surface area contributed by atoms with Gasteiger partial charge < -0.3 is 5.32 Å². The van der Waals surface area contributed by atoms with Crippen LogP contribution >= 0.6 is 0 Å². The summed E-state index contributed by atoms with van der Waals surface area (Å²) in [5.41, 5.74) is 5.33. The third kappa shape index (κ3) is 2.50. The van der Waals surface area contributed by atoms with Crippen LogP contribution in [0.5, 0.6) is 0 Å². The number of ketones is 1. The molecule has 0 aliphatic carbocycles. The van der Waals surface area contributed by atoms with Gasteiger partial charge in [-0.25, -0.2) is 9.97 Å². The molecular formula is C20H19N5O. The highest BCUT2D eigenvalue weighted by Gasteiger charge is 2.14. The average molecular weight is 345 g/mol. The first-order valence-corrected chi connectivity index (χ1v) is 8.56. The molecule has 0 aromatic carbocycles. The number of aromatic nitrogens is 4. The van der Waals surface area contributed by atoms with Gasteiger partial charge in [0.2, 0.25) is 0 Å². The van der Waals surface area contributed by atoms with E-state index in [1.807, 2.05) is 45.4 Å². The number of nitrogens with zero attached hydrogens (tertiary/aromatic N) is 4. The number of nitrogens with one attached hydrogen (secondary N) is 1. The Hall–Kier alpha value is -3.28. The fraction of sp³-hybridized carbons (Fsp3) is 0.200. The molecule has 4 aromatic rings. The Kier molecular flexibility index (Phi) is 3.88. The van der Waals surface area contributed by atoms with Crippen LogP contribution in [-0.2, 0) is 0 Å². The normalized spacial score (nSPS) is 11.2. The van der Waals surface area contributed by atoms with Gasteiger partial charge in [0.05, 0.1) is 5.52 Å². The number of anilines is 1. The van der Waals surface area contributed by atoms with Gasteiger partial charge in [0, 0.05) is 60.8 Å². The first-order valence-electron chi connectivity index (χ1n) is 8.56. The second kappa shape index (κ2) is 6.22. The molecule has 0 aliphatic rings. The first-order chi connectivity index (χ1) is 12.6. The van der Waals surface area contributed by atoms with Crippen molar-refractivity contribution in [2.45, 2.75) is 20.3 Å². The molecule has 0 amide bonds. The monoisotopic (exact) mass is 345 g/mol. The summed E-state index contributed by atoms with van der Waals surface area (Å²) in [7, 11) is 1.85. The number of pyridine rings is 3. The highest BCUT2D eigenvalue weighted by atomic mass is 16.1. The van der Waals surface area contributed by atoms with Gasteiger partial charge in [0.15, 0.2) is 5.78 Å². The van der Waals surface area contributed by atoms with E-state index in [1.54, 1.807) is 12.4 Å². The minimum atomic E-state index is 0.0490. The third-order valence-electron chi connectivity index (χ3n) is 4.62. The van der Waals surface area contributed by atoms with E-state index in [1.165, 1.54) is 0 Å². The molecule has 0 atom stereocenters. The van der Waals surface area contributed by atoms with Gasteiger partial charge in [0.1, 0.15) is 17.2 Å². The van der Waals surface area contributed by atoms with Crippen LogP contribution in [0.3, 0.4) is 0 Å². The van der Waals surface area contributed by atoms with Crippen molar-refractivity contribution >= 4 is 28.2 Å².